The number of aromatic amines is 1. The first-order valence-electron chi connectivity index (χ1n) is 9.08. The molecule has 1 amide bonds. The lowest BCUT2D eigenvalue weighted by molar-refractivity contribution is 0.0987. The molecule has 8 heteroatoms. The van der Waals surface area contributed by atoms with Crippen LogP contribution in [0, 0.1) is 0 Å². The fourth-order valence-electron chi connectivity index (χ4n) is 3.08. The molecule has 0 unspecified atom stereocenters. The number of rotatable bonds is 6. The van der Waals surface area contributed by atoms with Gasteiger partial charge in [0.2, 0.25) is 0 Å². The molecule has 150 valence electrons. The van der Waals surface area contributed by atoms with Gasteiger partial charge in [-0.2, -0.15) is 0 Å². The van der Waals surface area contributed by atoms with Gasteiger partial charge in [-0.3, -0.25) is 19.1 Å². The van der Waals surface area contributed by atoms with Crippen LogP contribution in [0.1, 0.15) is 22.8 Å². The molecule has 3 N–H and O–H groups in total. The van der Waals surface area contributed by atoms with Crippen molar-refractivity contribution in [1.82, 2.24) is 9.55 Å². The van der Waals surface area contributed by atoms with E-state index in [2.05, 4.69) is 4.98 Å². The van der Waals surface area contributed by atoms with Crippen molar-refractivity contribution in [3.05, 3.63) is 86.6 Å². The maximum Gasteiger partial charge on any atom is 0.330 e. The van der Waals surface area contributed by atoms with Crippen LogP contribution >= 0.6 is 0 Å². The monoisotopic (exact) mass is 394 g/mol. The van der Waals surface area contributed by atoms with Gasteiger partial charge in [-0.15, -0.1) is 0 Å². The highest BCUT2D eigenvalue weighted by atomic mass is 16.5. The Bertz CT molecular complexity index is 1140. The van der Waals surface area contributed by atoms with Crippen LogP contribution in [0.15, 0.2) is 64.2 Å². The summed E-state index contributed by atoms with van der Waals surface area (Å²) in [6.07, 6.45) is 0. The number of amides is 1. The fourth-order valence-corrected chi connectivity index (χ4v) is 3.08. The summed E-state index contributed by atoms with van der Waals surface area (Å²) in [6, 6.07) is 15.8. The van der Waals surface area contributed by atoms with Gasteiger partial charge >= 0.3 is 5.69 Å². The maximum atomic E-state index is 13.1. The minimum absolute atomic E-state index is 0.0594. The Labute approximate surface area is 167 Å². The van der Waals surface area contributed by atoms with E-state index in [1.54, 1.807) is 31.2 Å². The van der Waals surface area contributed by atoms with E-state index < -0.39 is 17.2 Å². The number of anilines is 2. The molecule has 3 rings (SSSR count). The number of H-pyrrole nitrogens is 1. The quantitative estimate of drug-likeness (QED) is 0.663. The number of nitrogens with two attached hydrogens (primary N) is 1. The van der Waals surface area contributed by atoms with Crippen molar-refractivity contribution < 1.29 is 9.53 Å². The van der Waals surface area contributed by atoms with Gasteiger partial charge in [-0.05, 0) is 30.7 Å². The number of nitrogens with one attached hydrogen (secondary N) is 1. The lowest BCUT2D eigenvalue weighted by Crippen LogP contribution is -2.41. The van der Waals surface area contributed by atoms with E-state index in [0.717, 1.165) is 5.56 Å². The fraction of sp³-hybridized carbons (Fsp3) is 0.190. The van der Waals surface area contributed by atoms with E-state index in [0.29, 0.717) is 11.3 Å². The van der Waals surface area contributed by atoms with Crippen LogP contribution in [0.2, 0.25) is 0 Å². The first-order valence-corrected chi connectivity index (χ1v) is 9.08. The molecule has 0 saturated heterocycles. The van der Waals surface area contributed by atoms with Crippen LogP contribution < -0.4 is 26.6 Å². The molecule has 29 heavy (non-hydrogen) atoms. The Morgan fingerprint density at radius 2 is 1.86 bits per heavy atom. The number of carbonyl (C=O) groups is 1. The van der Waals surface area contributed by atoms with E-state index >= 15 is 0 Å². The Kier molecular flexibility index (Phi) is 5.82. The number of carbonyl (C=O) groups excluding carboxylic acids is 1. The number of hydrogen-bond acceptors (Lipinski definition) is 5. The van der Waals surface area contributed by atoms with Crippen molar-refractivity contribution in [3.63, 3.8) is 0 Å². The zero-order valence-electron chi connectivity index (χ0n) is 16.2. The van der Waals surface area contributed by atoms with Gasteiger partial charge in [-0.1, -0.05) is 36.4 Å². The van der Waals surface area contributed by atoms with E-state index in [4.69, 9.17) is 10.5 Å². The lowest BCUT2D eigenvalue weighted by atomic mass is 10.1. The maximum absolute atomic E-state index is 13.1. The highest BCUT2D eigenvalue weighted by molar-refractivity contribution is 6.07. The zero-order chi connectivity index (χ0) is 21.0. The number of hydrogen-bond donors (Lipinski definition) is 2. The second-order valence-electron chi connectivity index (χ2n) is 6.35. The molecule has 0 spiro atoms. The molecule has 0 radical (unpaired) electrons. The van der Waals surface area contributed by atoms with Gasteiger partial charge in [0, 0.05) is 12.1 Å². The molecule has 0 aliphatic heterocycles. The standard InChI is InChI=1S/C21H22N4O4/c1-3-24(20(27)15-10-7-11-16(12-15)29-2)17-18(22)25(21(28)23-19(17)26)13-14-8-5-4-6-9-14/h4-12H,3,13,22H2,1-2H3,(H,23,26,28). The van der Waals surface area contributed by atoms with Crippen molar-refractivity contribution in [1.29, 1.82) is 0 Å². The van der Waals surface area contributed by atoms with Crippen molar-refractivity contribution in [2.75, 3.05) is 24.3 Å². The summed E-state index contributed by atoms with van der Waals surface area (Å²) in [4.78, 5) is 41.5. The van der Waals surface area contributed by atoms with Crippen molar-refractivity contribution in [2.24, 2.45) is 0 Å². The van der Waals surface area contributed by atoms with Crippen molar-refractivity contribution in [2.45, 2.75) is 13.5 Å². The average Bonchev–Trinajstić information content (AvgIpc) is 2.74. The molecule has 0 saturated carbocycles. The minimum Gasteiger partial charge on any atom is -0.497 e. The summed E-state index contributed by atoms with van der Waals surface area (Å²) >= 11 is 0. The molecule has 1 heterocycles. The molecule has 8 nitrogen and oxygen atoms in total. The number of nitrogen functional groups attached to an aromatic ring is 1. The Morgan fingerprint density at radius 1 is 1.14 bits per heavy atom. The highest BCUT2D eigenvalue weighted by Crippen LogP contribution is 2.21. The summed E-state index contributed by atoms with van der Waals surface area (Å²) in [5, 5.41) is 0. The SMILES string of the molecule is CCN(C(=O)c1cccc(OC)c1)c1c(N)n(Cc2ccccc2)c(=O)[nH]c1=O. The van der Waals surface area contributed by atoms with Crippen molar-refractivity contribution in [3.8, 4) is 5.75 Å². The third-order valence-electron chi connectivity index (χ3n) is 4.55. The third-order valence-corrected chi connectivity index (χ3v) is 4.55. The van der Waals surface area contributed by atoms with E-state index in [9.17, 15) is 14.4 Å². The number of aromatic nitrogens is 2. The Hall–Kier alpha value is -3.81. The second kappa shape index (κ2) is 8.47. The molecule has 3 aromatic rings. The predicted octanol–water partition coefficient (Wildman–Crippen LogP) is 1.84. The van der Waals surface area contributed by atoms with Gasteiger partial charge in [0.15, 0.2) is 5.69 Å². The summed E-state index contributed by atoms with van der Waals surface area (Å²) < 4.78 is 6.41. The summed E-state index contributed by atoms with van der Waals surface area (Å²) in [5.41, 5.74) is 5.97. The number of methoxy groups -OCH3 is 1. The van der Waals surface area contributed by atoms with Crippen molar-refractivity contribution >= 4 is 17.4 Å². The van der Waals surface area contributed by atoms with Crippen LogP contribution in [0.5, 0.6) is 5.75 Å². The van der Waals surface area contributed by atoms with E-state index in [1.165, 1.54) is 16.6 Å². The number of benzene rings is 2. The Morgan fingerprint density at radius 3 is 2.52 bits per heavy atom. The van der Waals surface area contributed by atoms with E-state index in [-0.39, 0.29) is 24.6 Å². The summed E-state index contributed by atoms with van der Waals surface area (Å²) in [5.74, 6) is 0.0250. The third kappa shape index (κ3) is 4.06. The molecular formula is C21H22N4O4. The van der Waals surface area contributed by atoms with Gasteiger partial charge in [-0.25, -0.2) is 4.79 Å². The lowest BCUT2D eigenvalue weighted by Gasteiger charge is -2.23. The first kappa shape index (κ1) is 19.9. The molecule has 0 aliphatic carbocycles. The van der Waals surface area contributed by atoms with Crippen LogP contribution in [0.3, 0.4) is 0 Å². The Balaban J connectivity index is 2.08. The van der Waals surface area contributed by atoms with Gasteiger partial charge in [0.05, 0.1) is 13.7 Å². The van der Waals surface area contributed by atoms with E-state index in [1.807, 2.05) is 30.3 Å². The molecule has 0 atom stereocenters. The molecular weight excluding hydrogens is 372 g/mol. The second-order valence-corrected chi connectivity index (χ2v) is 6.35. The van der Waals surface area contributed by atoms with Crippen LogP contribution in [0.25, 0.3) is 0 Å². The number of nitrogens with zero attached hydrogens (tertiary/aromatic N) is 2. The van der Waals surface area contributed by atoms with Gasteiger partial charge < -0.3 is 15.4 Å². The highest BCUT2D eigenvalue weighted by Gasteiger charge is 2.24. The first-order chi connectivity index (χ1) is 14.0. The largest absolute Gasteiger partial charge is 0.497 e. The smallest absolute Gasteiger partial charge is 0.330 e. The predicted molar refractivity (Wildman–Crippen MR) is 112 cm³/mol. The van der Waals surface area contributed by atoms with Gasteiger partial charge in [0.25, 0.3) is 11.5 Å². The number of ether oxygens (including phenoxy) is 1. The van der Waals surface area contributed by atoms with Crippen LogP contribution in [0.4, 0.5) is 11.5 Å². The normalized spacial score (nSPS) is 10.6. The molecule has 0 aliphatic rings. The molecule has 0 fully saturated rings. The molecule has 2 aromatic carbocycles. The zero-order valence-corrected chi connectivity index (χ0v) is 16.2. The van der Waals surface area contributed by atoms with Crippen LogP contribution in [-0.4, -0.2) is 29.1 Å². The topological polar surface area (TPSA) is 110 Å². The summed E-state index contributed by atoms with van der Waals surface area (Å²) in [6.45, 7) is 2.08. The van der Waals surface area contributed by atoms with Gasteiger partial charge in [0.1, 0.15) is 11.6 Å². The molecule has 0 bridgehead atoms. The minimum atomic E-state index is -0.713. The molecule has 1 aromatic heterocycles. The average molecular weight is 394 g/mol. The van der Waals surface area contributed by atoms with Crippen LogP contribution in [-0.2, 0) is 6.54 Å². The summed E-state index contributed by atoms with van der Waals surface area (Å²) in [7, 11) is 1.50.